The third-order valence-corrected chi connectivity index (χ3v) is 5.36. The van der Waals surface area contributed by atoms with Gasteiger partial charge in [-0.05, 0) is 30.3 Å². The number of methoxy groups -OCH3 is 2. The van der Waals surface area contributed by atoms with Crippen molar-refractivity contribution in [3.63, 3.8) is 0 Å². The average molecular weight is 364 g/mol. The van der Waals surface area contributed by atoms with E-state index >= 15 is 0 Å². The van der Waals surface area contributed by atoms with Crippen LogP contribution in [0.25, 0.3) is 0 Å². The molecule has 0 bridgehead atoms. The van der Waals surface area contributed by atoms with Gasteiger partial charge in [-0.15, -0.1) is 0 Å². The predicted molar refractivity (Wildman–Crippen MR) is 94.8 cm³/mol. The van der Waals surface area contributed by atoms with Crippen LogP contribution in [0.4, 0.5) is 5.69 Å². The van der Waals surface area contributed by atoms with Crippen molar-refractivity contribution in [3.05, 3.63) is 48.0 Å². The van der Waals surface area contributed by atoms with E-state index in [1.165, 1.54) is 46.5 Å². The number of carbonyl (C=O) groups excluding carboxylic acids is 1. The first-order valence-electron chi connectivity index (χ1n) is 7.36. The molecule has 7 nitrogen and oxygen atoms in total. The summed E-state index contributed by atoms with van der Waals surface area (Å²) in [4.78, 5) is 12.7. The molecule has 1 N–H and O–H groups in total. The highest BCUT2D eigenvalue weighted by atomic mass is 32.2. The van der Waals surface area contributed by atoms with Crippen LogP contribution in [0.2, 0.25) is 0 Å². The topological polar surface area (TPSA) is 84.9 Å². The molecule has 0 radical (unpaired) electrons. The molecule has 0 saturated heterocycles. The quantitative estimate of drug-likeness (QED) is 0.849. The number of carbonyl (C=O) groups is 1. The maximum atomic E-state index is 12.7. The second kappa shape index (κ2) is 7.54. The Morgan fingerprint density at radius 3 is 2.24 bits per heavy atom. The van der Waals surface area contributed by atoms with Crippen molar-refractivity contribution < 1.29 is 22.7 Å². The second-order valence-electron chi connectivity index (χ2n) is 5.30. The minimum atomic E-state index is -3.67. The monoisotopic (exact) mass is 364 g/mol. The number of hydrogen-bond donors (Lipinski definition) is 1. The molecule has 0 unspecified atom stereocenters. The molecular weight excluding hydrogens is 344 g/mol. The molecule has 0 aliphatic carbocycles. The smallest absolute Gasteiger partial charge is 0.259 e. The van der Waals surface area contributed by atoms with E-state index in [-0.39, 0.29) is 16.2 Å². The van der Waals surface area contributed by atoms with Crippen molar-refractivity contribution in [2.75, 3.05) is 33.6 Å². The van der Waals surface area contributed by atoms with Gasteiger partial charge >= 0.3 is 0 Å². The molecule has 2 rings (SSSR count). The van der Waals surface area contributed by atoms with Gasteiger partial charge in [0.15, 0.2) is 0 Å². The lowest BCUT2D eigenvalue weighted by Gasteiger charge is -2.15. The highest BCUT2D eigenvalue weighted by Crippen LogP contribution is 2.27. The summed E-state index contributed by atoms with van der Waals surface area (Å²) in [6.07, 6.45) is 0. The van der Waals surface area contributed by atoms with Crippen molar-refractivity contribution in [2.45, 2.75) is 4.90 Å². The predicted octanol–water partition coefficient (Wildman–Crippen LogP) is 2.21. The van der Waals surface area contributed by atoms with Gasteiger partial charge in [0.2, 0.25) is 10.0 Å². The van der Waals surface area contributed by atoms with Crippen LogP contribution in [-0.2, 0) is 10.0 Å². The van der Waals surface area contributed by atoms with Crippen molar-refractivity contribution in [1.82, 2.24) is 4.31 Å². The van der Waals surface area contributed by atoms with Crippen LogP contribution in [0.1, 0.15) is 10.4 Å². The number of rotatable bonds is 6. The maximum Gasteiger partial charge on any atom is 0.259 e. The Balaban J connectivity index is 2.44. The summed E-state index contributed by atoms with van der Waals surface area (Å²) in [6.45, 7) is 0. The van der Waals surface area contributed by atoms with Gasteiger partial charge in [-0.25, -0.2) is 12.7 Å². The normalized spacial score (nSPS) is 11.2. The molecule has 0 aromatic heterocycles. The minimum Gasteiger partial charge on any atom is -0.496 e. The van der Waals surface area contributed by atoms with Crippen molar-refractivity contribution in [3.8, 4) is 11.5 Å². The van der Waals surface area contributed by atoms with Gasteiger partial charge in [-0.3, -0.25) is 4.79 Å². The lowest BCUT2D eigenvalue weighted by Crippen LogP contribution is -2.23. The Morgan fingerprint density at radius 2 is 1.64 bits per heavy atom. The Morgan fingerprint density at radius 1 is 1.00 bits per heavy atom. The van der Waals surface area contributed by atoms with Crippen LogP contribution >= 0.6 is 0 Å². The summed E-state index contributed by atoms with van der Waals surface area (Å²) in [5.74, 6) is 0.258. The van der Waals surface area contributed by atoms with E-state index in [0.717, 1.165) is 4.31 Å². The third kappa shape index (κ3) is 3.92. The molecule has 0 aliphatic heterocycles. The molecule has 0 atom stereocenters. The molecule has 2 aromatic rings. The van der Waals surface area contributed by atoms with Gasteiger partial charge in [0, 0.05) is 14.1 Å². The summed E-state index contributed by atoms with van der Waals surface area (Å²) in [5.41, 5.74) is 0.578. The highest BCUT2D eigenvalue weighted by Gasteiger charge is 2.22. The van der Waals surface area contributed by atoms with Crippen molar-refractivity contribution in [2.24, 2.45) is 0 Å². The molecule has 0 fully saturated rings. The van der Waals surface area contributed by atoms with E-state index in [1.807, 2.05) is 0 Å². The van der Waals surface area contributed by atoms with E-state index in [2.05, 4.69) is 5.32 Å². The Bertz CT molecular complexity index is 878. The first kappa shape index (κ1) is 18.8. The van der Waals surface area contributed by atoms with Crippen LogP contribution in [-0.4, -0.2) is 46.9 Å². The maximum absolute atomic E-state index is 12.7. The summed E-state index contributed by atoms with van der Waals surface area (Å²) < 4.78 is 36.1. The van der Waals surface area contributed by atoms with Crippen molar-refractivity contribution >= 4 is 21.6 Å². The van der Waals surface area contributed by atoms with Crippen LogP contribution in [0.5, 0.6) is 11.5 Å². The number of benzene rings is 2. The Hall–Kier alpha value is -2.58. The van der Waals surface area contributed by atoms with E-state index in [0.29, 0.717) is 11.4 Å². The summed E-state index contributed by atoms with van der Waals surface area (Å²) in [5, 5.41) is 2.71. The number of para-hydroxylation sites is 2. The van der Waals surface area contributed by atoms with Crippen LogP contribution in [0.3, 0.4) is 0 Å². The van der Waals surface area contributed by atoms with Crippen LogP contribution < -0.4 is 14.8 Å². The van der Waals surface area contributed by atoms with Gasteiger partial charge in [-0.2, -0.15) is 0 Å². The van der Waals surface area contributed by atoms with Gasteiger partial charge in [0.05, 0.1) is 30.4 Å². The lowest BCUT2D eigenvalue weighted by molar-refractivity contribution is 0.102. The molecule has 0 heterocycles. The summed E-state index contributed by atoms with van der Waals surface area (Å²) >= 11 is 0. The molecule has 134 valence electrons. The van der Waals surface area contributed by atoms with Gasteiger partial charge < -0.3 is 14.8 Å². The minimum absolute atomic E-state index is 0.00322. The number of hydrogen-bond acceptors (Lipinski definition) is 5. The van der Waals surface area contributed by atoms with Crippen LogP contribution in [0.15, 0.2) is 47.4 Å². The third-order valence-electron chi connectivity index (χ3n) is 3.55. The zero-order chi connectivity index (χ0) is 18.6. The highest BCUT2D eigenvalue weighted by molar-refractivity contribution is 7.89. The molecule has 2 aromatic carbocycles. The lowest BCUT2D eigenvalue weighted by atomic mass is 10.1. The van der Waals surface area contributed by atoms with E-state index in [4.69, 9.17) is 9.47 Å². The van der Waals surface area contributed by atoms with E-state index in [9.17, 15) is 13.2 Å². The largest absolute Gasteiger partial charge is 0.496 e. The average Bonchev–Trinajstić information content (AvgIpc) is 2.61. The van der Waals surface area contributed by atoms with Gasteiger partial charge in [0.1, 0.15) is 11.5 Å². The number of ether oxygens (including phenoxy) is 2. The SMILES string of the molecule is COc1ccccc1NC(=O)c1cc(S(=O)(=O)N(C)C)ccc1OC. The molecule has 0 aliphatic rings. The number of amides is 1. The molecule has 25 heavy (non-hydrogen) atoms. The van der Waals surface area contributed by atoms with Gasteiger partial charge in [0.25, 0.3) is 5.91 Å². The first-order valence-corrected chi connectivity index (χ1v) is 8.80. The number of sulfonamides is 1. The zero-order valence-corrected chi connectivity index (χ0v) is 15.3. The standard InChI is InChI=1S/C17H20N2O5S/c1-19(2)25(21,22)12-9-10-15(23-3)13(11-12)17(20)18-14-7-5-6-8-16(14)24-4/h5-11H,1-4H3,(H,18,20). The van der Waals surface area contributed by atoms with Gasteiger partial charge in [-0.1, -0.05) is 12.1 Å². The van der Waals surface area contributed by atoms with E-state index in [1.54, 1.807) is 24.3 Å². The van der Waals surface area contributed by atoms with Crippen molar-refractivity contribution in [1.29, 1.82) is 0 Å². The second-order valence-corrected chi connectivity index (χ2v) is 7.46. The number of nitrogens with zero attached hydrogens (tertiary/aromatic N) is 1. The Kier molecular flexibility index (Phi) is 5.66. The van der Waals surface area contributed by atoms with E-state index < -0.39 is 15.9 Å². The fraction of sp³-hybridized carbons (Fsp3) is 0.235. The molecule has 8 heteroatoms. The number of anilines is 1. The molecule has 0 spiro atoms. The fourth-order valence-electron chi connectivity index (χ4n) is 2.17. The number of nitrogens with one attached hydrogen (secondary N) is 1. The summed E-state index contributed by atoms with van der Waals surface area (Å²) in [6, 6.07) is 11.1. The Labute approximate surface area is 147 Å². The molecular formula is C17H20N2O5S. The molecule has 0 saturated carbocycles. The van der Waals surface area contributed by atoms with Crippen LogP contribution in [0, 0.1) is 0 Å². The molecule has 1 amide bonds. The fourth-order valence-corrected chi connectivity index (χ4v) is 3.10. The summed E-state index contributed by atoms with van der Waals surface area (Å²) in [7, 11) is 2.09. The first-order chi connectivity index (χ1) is 11.8. The zero-order valence-electron chi connectivity index (χ0n) is 14.4.